The Bertz CT molecular complexity index is 1120. The summed E-state index contributed by atoms with van der Waals surface area (Å²) in [6.45, 7) is 0.515. The van der Waals surface area contributed by atoms with Crippen molar-refractivity contribution in [2.24, 2.45) is 0 Å². The van der Waals surface area contributed by atoms with E-state index in [0.29, 0.717) is 47.4 Å². The number of nitrogens with one attached hydrogen (secondary N) is 2. The molecule has 0 radical (unpaired) electrons. The number of carbonyl (C=O) groups is 2. The number of benzene rings is 3. The number of para-hydroxylation sites is 2. The number of ether oxygens (including phenoxy) is 4. The first kappa shape index (κ1) is 22.0. The predicted octanol–water partition coefficient (Wildman–Crippen LogP) is 3.28. The van der Waals surface area contributed by atoms with Crippen LogP contribution in [0.2, 0.25) is 0 Å². The quantitative estimate of drug-likeness (QED) is 0.549. The Morgan fingerprint density at radius 1 is 0.970 bits per heavy atom. The zero-order valence-corrected chi connectivity index (χ0v) is 18.1. The lowest BCUT2D eigenvalue weighted by Gasteiger charge is -2.26. The highest BCUT2D eigenvalue weighted by Gasteiger charge is 2.21. The fourth-order valence-corrected chi connectivity index (χ4v) is 3.22. The predicted molar refractivity (Wildman–Crippen MR) is 122 cm³/mol. The normalized spacial score (nSPS) is 14.2. The van der Waals surface area contributed by atoms with Crippen molar-refractivity contribution < 1.29 is 28.5 Å². The van der Waals surface area contributed by atoms with Crippen LogP contribution in [0.25, 0.3) is 0 Å². The topological polar surface area (TPSA) is 95.1 Å². The molecule has 0 aromatic heterocycles. The third kappa shape index (κ3) is 5.94. The Kier molecular flexibility index (Phi) is 6.94. The number of methoxy groups -OCH3 is 1. The second kappa shape index (κ2) is 10.4. The molecule has 1 atom stereocenters. The molecule has 2 amide bonds. The molecule has 0 aliphatic carbocycles. The van der Waals surface area contributed by atoms with Crippen LogP contribution in [-0.2, 0) is 4.79 Å². The average molecular weight is 448 g/mol. The largest absolute Gasteiger partial charge is 0.497 e. The van der Waals surface area contributed by atoms with E-state index in [9.17, 15) is 9.59 Å². The molecule has 0 fully saturated rings. The maximum Gasteiger partial charge on any atom is 0.262 e. The van der Waals surface area contributed by atoms with Gasteiger partial charge in [-0.3, -0.25) is 9.59 Å². The van der Waals surface area contributed by atoms with Crippen molar-refractivity contribution >= 4 is 17.5 Å². The molecule has 3 aromatic carbocycles. The van der Waals surface area contributed by atoms with Crippen molar-refractivity contribution in [3.8, 4) is 23.0 Å². The molecule has 3 aromatic rings. The van der Waals surface area contributed by atoms with Gasteiger partial charge in [0.05, 0.1) is 13.7 Å². The zero-order valence-electron chi connectivity index (χ0n) is 18.1. The van der Waals surface area contributed by atoms with Crippen LogP contribution < -0.4 is 29.6 Å². The SMILES string of the molecule is COc1cccc(NC(=O)COc2ccc(C(=O)NCC3COc4ccccc4O3)cc2)c1. The van der Waals surface area contributed by atoms with Crippen LogP contribution in [0.4, 0.5) is 5.69 Å². The van der Waals surface area contributed by atoms with Gasteiger partial charge >= 0.3 is 0 Å². The lowest BCUT2D eigenvalue weighted by Crippen LogP contribution is -2.40. The van der Waals surface area contributed by atoms with E-state index >= 15 is 0 Å². The zero-order chi connectivity index (χ0) is 23.0. The molecule has 0 saturated heterocycles. The monoisotopic (exact) mass is 448 g/mol. The minimum Gasteiger partial charge on any atom is -0.497 e. The Hall–Kier alpha value is -4.20. The fraction of sp³-hybridized carbons (Fsp3) is 0.200. The van der Waals surface area contributed by atoms with Crippen molar-refractivity contribution in [2.45, 2.75) is 6.10 Å². The van der Waals surface area contributed by atoms with Gasteiger partial charge in [-0.05, 0) is 48.5 Å². The Labute approximate surface area is 191 Å². The molecule has 0 saturated carbocycles. The lowest BCUT2D eigenvalue weighted by atomic mass is 10.2. The molecule has 1 aliphatic heterocycles. The van der Waals surface area contributed by atoms with E-state index < -0.39 is 0 Å². The van der Waals surface area contributed by atoms with Crippen molar-refractivity contribution in [1.29, 1.82) is 0 Å². The maximum absolute atomic E-state index is 12.4. The minimum atomic E-state index is -0.304. The van der Waals surface area contributed by atoms with Crippen LogP contribution in [0.15, 0.2) is 72.8 Å². The standard InChI is InChI=1S/C25H24N2O6/c1-30-20-6-4-5-18(13-20)27-24(28)16-31-19-11-9-17(10-12-19)25(29)26-14-21-15-32-22-7-2-3-8-23(22)33-21/h2-13,21H,14-16H2,1H3,(H,26,29)(H,27,28). The maximum atomic E-state index is 12.4. The molecule has 8 heteroatoms. The summed E-state index contributed by atoms with van der Waals surface area (Å²) in [5.41, 5.74) is 1.09. The summed E-state index contributed by atoms with van der Waals surface area (Å²) in [5.74, 6) is 1.96. The number of anilines is 1. The molecule has 1 aliphatic rings. The Morgan fingerprint density at radius 3 is 2.55 bits per heavy atom. The van der Waals surface area contributed by atoms with E-state index in [2.05, 4.69) is 10.6 Å². The van der Waals surface area contributed by atoms with Gasteiger partial charge in [0.2, 0.25) is 0 Å². The molecule has 1 unspecified atom stereocenters. The third-order valence-electron chi connectivity index (χ3n) is 4.90. The molecular formula is C25H24N2O6. The van der Waals surface area contributed by atoms with E-state index in [0.717, 1.165) is 0 Å². The van der Waals surface area contributed by atoms with Gasteiger partial charge < -0.3 is 29.6 Å². The van der Waals surface area contributed by atoms with Crippen molar-refractivity contribution in [3.63, 3.8) is 0 Å². The first-order chi connectivity index (χ1) is 16.1. The summed E-state index contributed by atoms with van der Waals surface area (Å²) < 4.78 is 22.1. The summed E-state index contributed by atoms with van der Waals surface area (Å²) in [6.07, 6.45) is -0.269. The van der Waals surface area contributed by atoms with Gasteiger partial charge in [0.15, 0.2) is 18.1 Å². The Balaban J connectivity index is 1.22. The number of amides is 2. The number of fused-ring (bicyclic) bond motifs is 1. The molecular weight excluding hydrogens is 424 g/mol. The highest BCUT2D eigenvalue weighted by atomic mass is 16.6. The first-order valence-corrected chi connectivity index (χ1v) is 10.4. The lowest BCUT2D eigenvalue weighted by molar-refractivity contribution is -0.118. The molecule has 0 spiro atoms. The summed E-state index contributed by atoms with van der Waals surface area (Å²) in [6, 6.07) is 21.0. The summed E-state index contributed by atoms with van der Waals surface area (Å²) in [7, 11) is 1.56. The van der Waals surface area contributed by atoms with Crippen LogP contribution in [0.1, 0.15) is 10.4 Å². The molecule has 1 heterocycles. The summed E-state index contributed by atoms with van der Waals surface area (Å²) >= 11 is 0. The van der Waals surface area contributed by atoms with Gasteiger partial charge in [-0.1, -0.05) is 18.2 Å². The minimum absolute atomic E-state index is 0.163. The van der Waals surface area contributed by atoms with Gasteiger partial charge in [-0.2, -0.15) is 0 Å². The van der Waals surface area contributed by atoms with Crippen molar-refractivity contribution in [1.82, 2.24) is 5.32 Å². The van der Waals surface area contributed by atoms with Crippen molar-refractivity contribution in [3.05, 3.63) is 78.4 Å². The van der Waals surface area contributed by atoms with Gasteiger partial charge in [0.1, 0.15) is 24.2 Å². The van der Waals surface area contributed by atoms with Gasteiger partial charge in [0.25, 0.3) is 11.8 Å². The highest BCUT2D eigenvalue weighted by molar-refractivity contribution is 5.94. The second-order valence-corrected chi connectivity index (χ2v) is 7.30. The van der Waals surface area contributed by atoms with E-state index in [-0.39, 0.29) is 24.5 Å². The van der Waals surface area contributed by atoms with E-state index in [1.807, 2.05) is 24.3 Å². The molecule has 2 N–H and O–H groups in total. The van der Waals surface area contributed by atoms with Crippen LogP contribution in [0.5, 0.6) is 23.0 Å². The average Bonchev–Trinajstić information content (AvgIpc) is 2.86. The molecule has 170 valence electrons. The summed E-state index contributed by atoms with van der Waals surface area (Å²) in [5, 5.41) is 5.59. The van der Waals surface area contributed by atoms with Crippen LogP contribution in [0, 0.1) is 0 Å². The van der Waals surface area contributed by atoms with E-state index in [1.54, 1.807) is 55.6 Å². The van der Waals surface area contributed by atoms with E-state index in [1.165, 1.54) is 0 Å². The number of hydrogen-bond acceptors (Lipinski definition) is 6. The van der Waals surface area contributed by atoms with Gasteiger partial charge in [0, 0.05) is 17.3 Å². The molecule has 0 bridgehead atoms. The van der Waals surface area contributed by atoms with Crippen LogP contribution in [-0.4, -0.2) is 44.8 Å². The fourth-order valence-electron chi connectivity index (χ4n) is 3.22. The molecule has 33 heavy (non-hydrogen) atoms. The smallest absolute Gasteiger partial charge is 0.262 e. The molecule has 4 rings (SSSR count). The highest BCUT2D eigenvalue weighted by Crippen LogP contribution is 2.30. The van der Waals surface area contributed by atoms with Crippen LogP contribution in [0.3, 0.4) is 0 Å². The Morgan fingerprint density at radius 2 is 1.76 bits per heavy atom. The number of rotatable bonds is 8. The first-order valence-electron chi connectivity index (χ1n) is 10.4. The van der Waals surface area contributed by atoms with Crippen molar-refractivity contribution in [2.75, 3.05) is 32.2 Å². The number of carbonyl (C=O) groups excluding carboxylic acids is 2. The number of hydrogen-bond donors (Lipinski definition) is 2. The second-order valence-electron chi connectivity index (χ2n) is 7.30. The van der Waals surface area contributed by atoms with E-state index in [4.69, 9.17) is 18.9 Å². The van der Waals surface area contributed by atoms with Gasteiger partial charge in [-0.25, -0.2) is 0 Å². The van der Waals surface area contributed by atoms with Gasteiger partial charge in [-0.15, -0.1) is 0 Å². The summed E-state index contributed by atoms with van der Waals surface area (Å²) in [4.78, 5) is 24.6. The van der Waals surface area contributed by atoms with Crippen LogP contribution >= 0.6 is 0 Å². The third-order valence-corrected chi connectivity index (χ3v) is 4.90. The molecule has 8 nitrogen and oxygen atoms in total.